The summed E-state index contributed by atoms with van der Waals surface area (Å²) in [6, 6.07) is 0.923. The van der Waals surface area contributed by atoms with Crippen LogP contribution in [0.15, 0.2) is 0 Å². The predicted octanol–water partition coefficient (Wildman–Crippen LogP) is 1.60. The van der Waals surface area contributed by atoms with Gasteiger partial charge in [-0.25, -0.2) is 0 Å². The Hall–Kier alpha value is -0.800. The molecule has 0 aromatic rings. The van der Waals surface area contributed by atoms with Gasteiger partial charge in [-0.3, -0.25) is 5.32 Å². The molecule has 0 aliphatic carbocycles. The SMILES string of the molecule is CC1CCC(C(C#N)NCC(F)(F)F)O1. The lowest BCUT2D eigenvalue weighted by Gasteiger charge is -2.19. The van der Waals surface area contributed by atoms with Crippen LogP contribution in [0.25, 0.3) is 0 Å². The van der Waals surface area contributed by atoms with E-state index in [1.807, 2.05) is 6.92 Å². The molecule has 1 rings (SSSR count). The summed E-state index contributed by atoms with van der Waals surface area (Å²) in [6.45, 7) is 0.692. The first-order valence-electron chi connectivity index (χ1n) is 4.77. The number of nitrogens with one attached hydrogen (secondary N) is 1. The minimum Gasteiger partial charge on any atom is -0.373 e. The second-order valence-electron chi connectivity index (χ2n) is 3.67. The maximum absolute atomic E-state index is 11.9. The molecule has 0 bridgehead atoms. The first kappa shape index (κ1) is 12.3. The van der Waals surface area contributed by atoms with Crippen molar-refractivity contribution in [1.82, 2.24) is 5.32 Å². The number of halogens is 3. The third-order valence-electron chi connectivity index (χ3n) is 2.30. The zero-order valence-corrected chi connectivity index (χ0v) is 8.34. The number of hydrogen-bond acceptors (Lipinski definition) is 3. The molecule has 0 radical (unpaired) electrons. The van der Waals surface area contributed by atoms with Gasteiger partial charge in [0.15, 0.2) is 0 Å². The molecule has 1 saturated heterocycles. The number of nitriles is 1. The Morgan fingerprint density at radius 2 is 2.20 bits per heavy atom. The Kier molecular flexibility index (Phi) is 3.94. The molecule has 0 amide bonds. The van der Waals surface area contributed by atoms with Gasteiger partial charge in [-0.2, -0.15) is 18.4 Å². The third kappa shape index (κ3) is 4.06. The van der Waals surface area contributed by atoms with E-state index in [1.165, 1.54) is 0 Å². The number of nitrogens with zero attached hydrogens (tertiary/aromatic N) is 1. The van der Waals surface area contributed by atoms with Crippen LogP contribution in [-0.4, -0.2) is 31.0 Å². The van der Waals surface area contributed by atoms with E-state index in [2.05, 4.69) is 5.32 Å². The number of hydrogen-bond donors (Lipinski definition) is 1. The van der Waals surface area contributed by atoms with Gasteiger partial charge in [-0.15, -0.1) is 0 Å². The molecule has 1 fully saturated rings. The Balaban J connectivity index is 2.40. The Labute approximate surface area is 86.2 Å². The van der Waals surface area contributed by atoms with Gasteiger partial charge >= 0.3 is 6.18 Å². The highest BCUT2D eigenvalue weighted by atomic mass is 19.4. The van der Waals surface area contributed by atoms with Crippen LogP contribution in [0, 0.1) is 11.3 Å². The van der Waals surface area contributed by atoms with Crippen LogP contribution in [0.3, 0.4) is 0 Å². The lowest BCUT2D eigenvalue weighted by Crippen LogP contribution is -2.43. The topological polar surface area (TPSA) is 45.0 Å². The van der Waals surface area contributed by atoms with E-state index in [0.29, 0.717) is 6.42 Å². The zero-order valence-electron chi connectivity index (χ0n) is 8.34. The van der Waals surface area contributed by atoms with E-state index in [4.69, 9.17) is 10.00 Å². The van der Waals surface area contributed by atoms with Gasteiger partial charge in [0, 0.05) is 0 Å². The molecular weight excluding hydrogens is 209 g/mol. The van der Waals surface area contributed by atoms with Crippen LogP contribution in [-0.2, 0) is 4.74 Å². The largest absolute Gasteiger partial charge is 0.401 e. The van der Waals surface area contributed by atoms with Crippen molar-refractivity contribution in [2.75, 3.05) is 6.54 Å². The van der Waals surface area contributed by atoms with E-state index in [9.17, 15) is 13.2 Å². The lowest BCUT2D eigenvalue weighted by molar-refractivity contribution is -0.127. The van der Waals surface area contributed by atoms with Crippen molar-refractivity contribution >= 4 is 0 Å². The summed E-state index contributed by atoms with van der Waals surface area (Å²) in [5.41, 5.74) is 0. The van der Waals surface area contributed by atoms with Crippen LogP contribution < -0.4 is 5.32 Å². The Morgan fingerprint density at radius 3 is 2.60 bits per heavy atom. The fourth-order valence-corrected chi connectivity index (χ4v) is 1.56. The average molecular weight is 222 g/mol. The predicted molar refractivity (Wildman–Crippen MR) is 47.0 cm³/mol. The molecule has 1 aliphatic rings. The van der Waals surface area contributed by atoms with Gasteiger partial charge in [0.25, 0.3) is 0 Å². The first-order chi connectivity index (χ1) is 6.92. The van der Waals surface area contributed by atoms with Crippen molar-refractivity contribution in [1.29, 1.82) is 5.26 Å². The number of alkyl halides is 3. The monoisotopic (exact) mass is 222 g/mol. The van der Waals surface area contributed by atoms with Gasteiger partial charge in [0.1, 0.15) is 6.04 Å². The Bertz CT molecular complexity index is 249. The van der Waals surface area contributed by atoms with Crippen molar-refractivity contribution in [3.8, 4) is 6.07 Å². The van der Waals surface area contributed by atoms with Crippen molar-refractivity contribution in [2.45, 2.75) is 44.2 Å². The summed E-state index contributed by atoms with van der Waals surface area (Å²) in [5, 5.41) is 10.9. The van der Waals surface area contributed by atoms with Crippen LogP contribution in [0.2, 0.25) is 0 Å². The summed E-state index contributed by atoms with van der Waals surface area (Å²) in [6.07, 6.45) is -3.27. The molecule has 1 heterocycles. The summed E-state index contributed by atoms with van der Waals surface area (Å²) < 4.78 is 41.0. The molecule has 15 heavy (non-hydrogen) atoms. The maximum Gasteiger partial charge on any atom is 0.401 e. The van der Waals surface area contributed by atoms with Gasteiger partial charge in [-0.1, -0.05) is 0 Å². The molecule has 3 unspecified atom stereocenters. The second-order valence-corrected chi connectivity index (χ2v) is 3.67. The minimum atomic E-state index is -4.29. The second kappa shape index (κ2) is 4.81. The quantitative estimate of drug-likeness (QED) is 0.788. The highest BCUT2D eigenvalue weighted by Crippen LogP contribution is 2.22. The molecule has 86 valence electrons. The van der Waals surface area contributed by atoms with Crippen LogP contribution in [0.4, 0.5) is 13.2 Å². The molecule has 3 atom stereocenters. The van der Waals surface area contributed by atoms with E-state index in [1.54, 1.807) is 6.07 Å². The van der Waals surface area contributed by atoms with Crippen molar-refractivity contribution in [2.24, 2.45) is 0 Å². The van der Waals surface area contributed by atoms with E-state index in [-0.39, 0.29) is 6.10 Å². The third-order valence-corrected chi connectivity index (χ3v) is 2.30. The fourth-order valence-electron chi connectivity index (χ4n) is 1.56. The standard InChI is InChI=1S/C9H13F3N2O/c1-6-2-3-8(15-6)7(4-13)14-5-9(10,11)12/h6-8,14H,2-3,5H2,1H3. The normalized spacial score (nSPS) is 28.7. The van der Waals surface area contributed by atoms with Gasteiger partial charge in [0.05, 0.1) is 24.8 Å². The fraction of sp³-hybridized carbons (Fsp3) is 0.889. The Morgan fingerprint density at radius 1 is 1.53 bits per heavy atom. The van der Waals surface area contributed by atoms with Crippen LogP contribution in [0.1, 0.15) is 19.8 Å². The molecule has 1 N–H and O–H groups in total. The molecule has 6 heteroatoms. The molecule has 3 nitrogen and oxygen atoms in total. The first-order valence-corrected chi connectivity index (χ1v) is 4.77. The molecule has 1 aliphatic heterocycles. The summed E-state index contributed by atoms with van der Waals surface area (Å²) in [7, 11) is 0. The molecule has 0 spiro atoms. The number of rotatable bonds is 3. The minimum absolute atomic E-state index is 0.0264. The molecule has 0 aromatic carbocycles. The zero-order chi connectivity index (χ0) is 11.5. The van der Waals surface area contributed by atoms with Crippen LogP contribution >= 0.6 is 0 Å². The van der Waals surface area contributed by atoms with E-state index in [0.717, 1.165) is 6.42 Å². The van der Waals surface area contributed by atoms with E-state index < -0.39 is 24.9 Å². The lowest BCUT2D eigenvalue weighted by atomic mass is 10.1. The van der Waals surface area contributed by atoms with E-state index >= 15 is 0 Å². The summed E-state index contributed by atoms with van der Waals surface area (Å²) in [5.74, 6) is 0. The smallest absolute Gasteiger partial charge is 0.373 e. The van der Waals surface area contributed by atoms with Crippen LogP contribution in [0.5, 0.6) is 0 Å². The van der Waals surface area contributed by atoms with Crippen molar-refractivity contribution < 1.29 is 17.9 Å². The van der Waals surface area contributed by atoms with Crippen molar-refractivity contribution in [3.05, 3.63) is 0 Å². The maximum atomic E-state index is 11.9. The molecule has 0 aromatic heterocycles. The molecular formula is C9H13F3N2O. The summed E-state index contributed by atoms with van der Waals surface area (Å²) in [4.78, 5) is 0. The van der Waals surface area contributed by atoms with Gasteiger partial charge < -0.3 is 4.74 Å². The highest BCUT2D eigenvalue weighted by Gasteiger charge is 2.33. The van der Waals surface area contributed by atoms with Gasteiger partial charge in [0.2, 0.25) is 0 Å². The summed E-state index contributed by atoms with van der Waals surface area (Å²) >= 11 is 0. The highest BCUT2D eigenvalue weighted by molar-refractivity contribution is 4.98. The van der Waals surface area contributed by atoms with Crippen molar-refractivity contribution in [3.63, 3.8) is 0 Å². The number of ether oxygens (including phenoxy) is 1. The average Bonchev–Trinajstić information content (AvgIpc) is 2.51. The molecule has 0 saturated carbocycles. The van der Waals surface area contributed by atoms with Gasteiger partial charge in [-0.05, 0) is 19.8 Å².